The average molecular weight is 210 g/mol. The molecule has 78 valence electrons. The highest BCUT2D eigenvalue weighted by molar-refractivity contribution is 7.99. The highest BCUT2D eigenvalue weighted by Crippen LogP contribution is 2.18. The molecule has 1 unspecified atom stereocenters. The monoisotopic (exact) mass is 210 g/mol. The Bertz CT molecular complexity index is 299. The molecule has 0 radical (unpaired) electrons. The first-order valence-electron chi connectivity index (χ1n) is 4.76. The van der Waals surface area contributed by atoms with Crippen LogP contribution in [0.15, 0.2) is 18.2 Å². The molecule has 1 aromatic rings. The number of hydrogen-bond donors (Lipinski definition) is 2. The first-order chi connectivity index (χ1) is 6.63. The van der Waals surface area contributed by atoms with Crippen LogP contribution in [0.4, 0.5) is 11.4 Å². The smallest absolute Gasteiger partial charge is 0.0371 e. The lowest BCUT2D eigenvalue weighted by Crippen LogP contribution is -2.13. The van der Waals surface area contributed by atoms with E-state index in [9.17, 15) is 0 Å². The largest absolute Gasteiger partial charge is 0.399 e. The van der Waals surface area contributed by atoms with E-state index in [0.717, 1.165) is 12.2 Å². The van der Waals surface area contributed by atoms with E-state index in [1.54, 1.807) is 0 Å². The van der Waals surface area contributed by atoms with Gasteiger partial charge in [0.05, 0.1) is 0 Å². The predicted octanol–water partition coefficient (Wildman–Crippen LogP) is 2.74. The van der Waals surface area contributed by atoms with Gasteiger partial charge in [-0.05, 0) is 36.9 Å². The Morgan fingerprint density at radius 2 is 2.21 bits per heavy atom. The third-order valence-electron chi connectivity index (χ3n) is 2.23. The number of nitrogens with two attached hydrogens (primary N) is 1. The molecule has 2 nitrogen and oxygen atoms in total. The highest BCUT2D eigenvalue weighted by atomic mass is 32.2. The van der Waals surface area contributed by atoms with E-state index in [2.05, 4.69) is 25.4 Å². The molecule has 3 N–H and O–H groups in total. The van der Waals surface area contributed by atoms with Crippen LogP contribution >= 0.6 is 11.8 Å². The summed E-state index contributed by atoms with van der Waals surface area (Å²) >= 11 is 1.87. The standard InChI is InChI=1S/C11H18N2S/c1-8-6-10(12)4-5-11(8)13-7-9(2)14-3/h4-6,9,13H,7,12H2,1-3H3. The Labute approximate surface area is 90.3 Å². The molecule has 0 fully saturated rings. The molecule has 14 heavy (non-hydrogen) atoms. The molecule has 0 aromatic heterocycles. The van der Waals surface area contributed by atoms with Crippen LogP contribution in [-0.4, -0.2) is 18.1 Å². The van der Waals surface area contributed by atoms with Crippen LogP contribution in [0.25, 0.3) is 0 Å². The van der Waals surface area contributed by atoms with Gasteiger partial charge in [0.15, 0.2) is 0 Å². The van der Waals surface area contributed by atoms with Crippen LogP contribution < -0.4 is 11.1 Å². The second-order valence-corrected chi connectivity index (χ2v) is 4.78. The van der Waals surface area contributed by atoms with Gasteiger partial charge in [-0.2, -0.15) is 11.8 Å². The number of thioether (sulfide) groups is 1. The zero-order valence-corrected chi connectivity index (χ0v) is 9.82. The molecule has 3 heteroatoms. The second kappa shape index (κ2) is 5.15. The molecular formula is C11H18N2S. The Balaban J connectivity index is 2.59. The molecule has 0 spiro atoms. The van der Waals surface area contributed by atoms with Crippen molar-refractivity contribution in [3.05, 3.63) is 23.8 Å². The molecule has 1 aromatic carbocycles. The minimum Gasteiger partial charge on any atom is -0.399 e. The van der Waals surface area contributed by atoms with Gasteiger partial charge in [-0.3, -0.25) is 0 Å². The molecule has 0 aliphatic heterocycles. The van der Waals surface area contributed by atoms with Gasteiger partial charge in [-0.25, -0.2) is 0 Å². The summed E-state index contributed by atoms with van der Waals surface area (Å²) in [4.78, 5) is 0. The molecule has 0 heterocycles. The van der Waals surface area contributed by atoms with E-state index in [1.165, 1.54) is 11.3 Å². The summed E-state index contributed by atoms with van der Waals surface area (Å²) in [7, 11) is 0. The van der Waals surface area contributed by atoms with Crippen molar-refractivity contribution in [1.29, 1.82) is 0 Å². The lowest BCUT2D eigenvalue weighted by Gasteiger charge is -2.13. The van der Waals surface area contributed by atoms with Crippen LogP contribution in [0.2, 0.25) is 0 Å². The van der Waals surface area contributed by atoms with Gasteiger partial charge in [0, 0.05) is 23.2 Å². The third kappa shape index (κ3) is 3.14. The van der Waals surface area contributed by atoms with Crippen molar-refractivity contribution in [2.45, 2.75) is 19.1 Å². The number of hydrogen-bond acceptors (Lipinski definition) is 3. The van der Waals surface area contributed by atoms with Crippen molar-refractivity contribution in [2.24, 2.45) is 0 Å². The zero-order chi connectivity index (χ0) is 10.6. The minimum absolute atomic E-state index is 0.631. The Kier molecular flexibility index (Phi) is 4.14. The maximum atomic E-state index is 5.68. The number of anilines is 2. The Hall–Kier alpha value is -0.830. The van der Waals surface area contributed by atoms with E-state index in [4.69, 9.17) is 5.73 Å². The van der Waals surface area contributed by atoms with Gasteiger partial charge in [0.1, 0.15) is 0 Å². The number of rotatable bonds is 4. The molecule has 0 aliphatic carbocycles. The maximum absolute atomic E-state index is 5.68. The van der Waals surface area contributed by atoms with Crippen LogP contribution in [-0.2, 0) is 0 Å². The fourth-order valence-corrected chi connectivity index (χ4v) is 1.47. The van der Waals surface area contributed by atoms with Crippen LogP contribution in [0.3, 0.4) is 0 Å². The molecule has 1 atom stereocenters. The van der Waals surface area contributed by atoms with Crippen molar-refractivity contribution in [3.8, 4) is 0 Å². The van der Waals surface area contributed by atoms with Gasteiger partial charge in [0.25, 0.3) is 0 Å². The lowest BCUT2D eigenvalue weighted by atomic mass is 10.2. The van der Waals surface area contributed by atoms with E-state index >= 15 is 0 Å². The molecule has 0 saturated heterocycles. The summed E-state index contributed by atoms with van der Waals surface area (Å²) in [5.74, 6) is 0. The molecule has 1 rings (SSSR count). The van der Waals surface area contributed by atoms with Gasteiger partial charge in [-0.1, -0.05) is 6.92 Å². The topological polar surface area (TPSA) is 38.0 Å². The molecular weight excluding hydrogens is 192 g/mol. The summed E-state index contributed by atoms with van der Waals surface area (Å²) in [6.45, 7) is 5.28. The number of benzene rings is 1. The van der Waals surface area contributed by atoms with Gasteiger partial charge >= 0.3 is 0 Å². The summed E-state index contributed by atoms with van der Waals surface area (Å²) in [6.07, 6.45) is 2.13. The minimum atomic E-state index is 0.631. The van der Waals surface area contributed by atoms with Crippen molar-refractivity contribution < 1.29 is 0 Å². The quantitative estimate of drug-likeness (QED) is 0.750. The van der Waals surface area contributed by atoms with E-state index in [-0.39, 0.29) is 0 Å². The fraction of sp³-hybridized carbons (Fsp3) is 0.455. The summed E-state index contributed by atoms with van der Waals surface area (Å²) < 4.78 is 0. The normalized spacial score (nSPS) is 12.5. The van der Waals surface area contributed by atoms with Crippen molar-refractivity contribution in [3.63, 3.8) is 0 Å². The maximum Gasteiger partial charge on any atom is 0.0371 e. The van der Waals surface area contributed by atoms with Crippen LogP contribution in [0.5, 0.6) is 0 Å². The third-order valence-corrected chi connectivity index (χ3v) is 3.20. The molecule has 0 bridgehead atoms. The van der Waals surface area contributed by atoms with E-state index in [0.29, 0.717) is 5.25 Å². The SMILES string of the molecule is CSC(C)CNc1ccc(N)cc1C. The number of aryl methyl sites for hydroxylation is 1. The molecule has 0 saturated carbocycles. The number of nitrogens with one attached hydrogen (secondary N) is 1. The highest BCUT2D eigenvalue weighted by Gasteiger charge is 2.01. The van der Waals surface area contributed by atoms with Gasteiger partial charge in [-0.15, -0.1) is 0 Å². The van der Waals surface area contributed by atoms with E-state index < -0.39 is 0 Å². The summed E-state index contributed by atoms with van der Waals surface area (Å²) in [6, 6.07) is 5.96. The van der Waals surface area contributed by atoms with E-state index in [1.807, 2.05) is 30.0 Å². The zero-order valence-electron chi connectivity index (χ0n) is 9.00. The number of nitrogen functional groups attached to an aromatic ring is 1. The predicted molar refractivity (Wildman–Crippen MR) is 67.1 cm³/mol. The van der Waals surface area contributed by atoms with Crippen LogP contribution in [0, 0.1) is 6.92 Å². The fourth-order valence-electron chi connectivity index (χ4n) is 1.22. The van der Waals surface area contributed by atoms with Crippen LogP contribution in [0.1, 0.15) is 12.5 Å². The van der Waals surface area contributed by atoms with Crippen molar-refractivity contribution in [2.75, 3.05) is 23.9 Å². The summed E-state index contributed by atoms with van der Waals surface area (Å²) in [5, 5.41) is 4.05. The first-order valence-corrected chi connectivity index (χ1v) is 6.05. The van der Waals surface area contributed by atoms with Gasteiger partial charge in [0.2, 0.25) is 0 Å². The molecule has 0 aliphatic rings. The van der Waals surface area contributed by atoms with Gasteiger partial charge < -0.3 is 11.1 Å². The average Bonchev–Trinajstić information content (AvgIpc) is 2.16. The Morgan fingerprint density at radius 1 is 1.50 bits per heavy atom. The Morgan fingerprint density at radius 3 is 2.79 bits per heavy atom. The second-order valence-electron chi connectivity index (χ2n) is 3.50. The lowest BCUT2D eigenvalue weighted by molar-refractivity contribution is 1.00. The first kappa shape index (κ1) is 11.2. The van der Waals surface area contributed by atoms with Crippen molar-refractivity contribution >= 4 is 23.1 Å². The summed E-state index contributed by atoms with van der Waals surface area (Å²) in [5.41, 5.74) is 8.89. The molecule has 0 amide bonds. The van der Waals surface area contributed by atoms with Crippen molar-refractivity contribution in [1.82, 2.24) is 0 Å².